The second kappa shape index (κ2) is 6.00. The summed E-state index contributed by atoms with van der Waals surface area (Å²) in [5.41, 5.74) is 0.838. The van der Waals surface area contributed by atoms with Gasteiger partial charge in [-0.1, -0.05) is 23.2 Å². The molecule has 2 N–H and O–H groups in total. The first-order chi connectivity index (χ1) is 8.60. The van der Waals surface area contributed by atoms with Crippen LogP contribution in [0.5, 0.6) is 5.75 Å². The molecule has 0 radical (unpaired) electrons. The molecule has 1 aromatic carbocycles. The molecule has 0 aliphatic heterocycles. The van der Waals surface area contributed by atoms with Crippen molar-refractivity contribution >= 4 is 28.9 Å². The van der Waals surface area contributed by atoms with E-state index in [1.165, 1.54) is 0 Å². The van der Waals surface area contributed by atoms with Gasteiger partial charge in [0.05, 0.1) is 16.1 Å². The average Bonchev–Trinajstić information content (AvgIpc) is 2.36. The first-order valence-corrected chi connectivity index (χ1v) is 6.83. The number of anilines is 1. The summed E-state index contributed by atoms with van der Waals surface area (Å²) >= 11 is 11.8. The van der Waals surface area contributed by atoms with Gasteiger partial charge in [-0.25, -0.2) is 0 Å². The van der Waals surface area contributed by atoms with Gasteiger partial charge in [0.1, 0.15) is 0 Å². The van der Waals surface area contributed by atoms with Crippen LogP contribution in [0.2, 0.25) is 10.0 Å². The summed E-state index contributed by atoms with van der Waals surface area (Å²) in [6, 6.07) is 3.75. The molecule has 1 fully saturated rings. The molecular formula is C13H17Cl2NO2. The van der Waals surface area contributed by atoms with Crippen LogP contribution in [-0.2, 0) is 4.74 Å². The number of phenols is 1. The Morgan fingerprint density at radius 2 is 1.94 bits per heavy atom. The monoisotopic (exact) mass is 289 g/mol. The summed E-state index contributed by atoms with van der Waals surface area (Å²) in [7, 11) is 1.75. The van der Waals surface area contributed by atoms with Gasteiger partial charge < -0.3 is 15.2 Å². The highest BCUT2D eigenvalue weighted by Gasteiger charge is 2.21. The summed E-state index contributed by atoms with van der Waals surface area (Å²) in [5.74, 6) is -0.0673. The number of benzene rings is 1. The average molecular weight is 290 g/mol. The number of hydrogen-bond donors (Lipinski definition) is 2. The normalized spacial score (nSPS) is 23.9. The SMILES string of the molecule is COC1CCCC(Nc2cc(Cl)c(O)c(Cl)c2)C1. The van der Waals surface area contributed by atoms with Gasteiger partial charge in [-0.2, -0.15) is 0 Å². The van der Waals surface area contributed by atoms with Crippen LogP contribution in [0.4, 0.5) is 5.69 Å². The minimum Gasteiger partial charge on any atom is -0.505 e. The van der Waals surface area contributed by atoms with Crippen molar-refractivity contribution in [3.05, 3.63) is 22.2 Å². The van der Waals surface area contributed by atoms with Crippen molar-refractivity contribution in [2.24, 2.45) is 0 Å². The predicted octanol–water partition coefficient (Wildman–Crippen LogP) is 4.07. The van der Waals surface area contributed by atoms with Crippen molar-refractivity contribution in [1.29, 1.82) is 0 Å². The molecule has 0 amide bonds. The highest BCUT2D eigenvalue weighted by molar-refractivity contribution is 6.37. The third-order valence-electron chi connectivity index (χ3n) is 3.35. The molecule has 1 aromatic rings. The molecule has 2 unspecified atom stereocenters. The summed E-state index contributed by atoms with van der Waals surface area (Å²) in [5, 5.41) is 13.4. The molecule has 0 bridgehead atoms. The van der Waals surface area contributed by atoms with Gasteiger partial charge in [-0.15, -0.1) is 0 Å². The van der Waals surface area contributed by atoms with Crippen LogP contribution in [0.1, 0.15) is 25.7 Å². The summed E-state index contributed by atoms with van der Waals surface area (Å²) in [4.78, 5) is 0. The fraction of sp³-hybridized carbons (Fsp3) is 0.538. The molecule has 0 heterocycles. The molecule has 0 saturated heterocycles. The van der Waals surface area contributed by atoms with E-state index in [9.17, 15) is 5.11 Å². The molecule has 3 nitrogen and oxygen atoms in total. The van der Waals surface area contributed by atoms with Crippen LogP contribution >= 0.6 is 23.2 Å². The number of hydrogen-bond acceptors (Lipinski definition) is 3. The first-order valence-electron chi connectivity index (χ1n) is 6.07. The third kappa shape index (κ3) is 3.22. The van der Waals surface area contributed by atoms with Gasteiger partial charge in [-0.3, -0.25) is 0 Å². The van der Waals surface area contributed by atoms with E-state index in [4.69, 9.17) is 27.9 Å². The minimum atomic E-state index is -0.0673. The molecular weight excluding hydrogens is 273 g/mol. The largest absolute Gasteiger partial charge is 0.505 e. The van der Waals surface area contributed by atoms with Gasteiger partial charge >= 0.3 is 0 Å². The lowest BCUT2D eigenvalue weighted by atomic mass is 9.92. The van der Waals surface area contributed by atoms with E-state index < -0.39 is 0 Å². The molecule has 0 aromatic heterocycles. The Balaban J connectivity index is 2.05. The zero-order valence-electron chi connectivity index (χ0n) is 10.2. The molecule has 1 aliphatic rings. The second-order valence-corrected chi connectivity index (χ2v) is 5.47. The van der Waals surface area contributed by atoms with E-state index in [0.29, 0.717) is 12.1 Å². The maximum absolute atomic E-state index is 9.51. The van der Waals surface area contributed by atoms with E-state index in [1.807, 2.05) is 0 Å². The van der Waals surface area contributed by atoms with Crippen LogP contribution in [0.15, 0.2) is 12.1 Å². The zero-order valence-corrected chi connectivity index (χ0v) is 11.8. The Hall–Kier alpha value is -0.640. The van der Waals surface area contributed by atoms with E-state index in [1.54, 1.807) is 19.2 Å². The Kier molecular flexibility index (Phi) is 4.60. The highest BCUT2D eigenvalue weighted by atomic mass is 35.5. The molecule has 100 valence electrons. The fourth-order valence-corrected chi connectivity index (χ4v) is 2.86. The lowest BCUT2D eigenvalue weighted by Gasteiger charge is -2.29. The highest BCUT2D eigenvalue weighted by Crippen LogP contribution is 2.35. The van der Waals surface area contributed by atoms with Gasteiger partial charge in [-0.05, 0) is 37.8 Å². The number of methoxy groups -OCH3 is 1. The summed E-state index contributed by atoms with van der Waals surface area (Å²) < 4.78 is 5.39. The number of nitrogens with one attached hydrogen (secondary N) is 1. The van der Waals surface area contributed by atoms with Crippen molar-refractivity contribution in [1.82, 2.24) is 0 Å². The Morgan fingerprint density at radius 1 is 1.28 bits per heavy atom. The lowest BCUT2D eigenvalue weighted by Crippen LogP contribution is -2.30. The van der Waals surface area contributed by atoms with Crippen LogP contribution < -0.4 is 5.32 Å². The topological polar surface area (TPSA) is 41.5 Å². The van der Waals surface area contributed by atoms with Gasteiger partial charge in [0.15, 0.2) is 5.75 Å². The minimum absolute atomic E-state index is 0.0673. The third-order valence-corrected chi connectivity index (χ3v) is 3.92. The van der Waals surface area contributed by atoms with Crippen molar-refractivity contribution in [3.8, 4) is 5.75 Å². The summed E-state index contributed by atoms with van der Waals surface area (Å²) in [6.07, 6.45) is 4.67. The van der Waals surface area contributed by atoms with Gasteiger partial charge in [0.2, 0.25) is 0 Å². The molecule has 2 rings (SSSR count). The van der Waals surface area contributed by atoms with Crippen LogP contribution in [0.3, 0.4) is 0 Å². The van der Waals surface area contributed by atoms with Crippen molar-refractivity contribution in [3.63, 3.8) is 0 Å². The maximum atomic E-state index is 9.51. The van der Waals surface area contributed by atoms with Gasteiger partial charge in [0.25, 0.3) is 0 Å². The molecule has 1 saturated carbocycles. The Labute approximate surface area is 117 Å². The van der Waals surface area contributed by atoms with Crippen molar-refractivity contribution in [2.45, 2.75) is 37.8 Å². The van der Waals surface area contributed by atoms with Crippen LogP contribution in [-0.4, -0.2) is 24.4 Å². The van der Waals surface area contributed by atoms with Gasteiger partial charge in [0, 0.05) is 18.8 Å². The van der Waals surface area contributed by atoms with E-state index in [0.717, 1.165) is 31.4 Å². The maximum Gasteiger partial charge on any atom is 0.152 e. The lowest BCUT2D eigenvalue weighted by molar-refractivity contribution is 0.0669. The van der Waals surface area contributed by atoms with Crippen LogP contribution in [0.25, 0.3) is 0 Å². The number of ether oxygens (including phenoxy) is 1. The molecule has 5 heteroatoms. The van der Waals surface area contributed by atoms with Crippen molar-refractivity contribution < 1.29 is 9.84 Å². The number of phenolic OH excluding ortho intramolecular Hbond substituents is 1. The number of halogens is 2. The van der Waals surface area contributed by atoms with Crippen molar-refractivity contribution in [2.75, 3.05) is 12.4 Å². The van der Waals surface area contributed by atoms with Crippen LogP contribution in [0, 0.1) is 0 Å². The quantitative estimate of drug-likeness (QED) is 0.825. The Morgan fingerprint density at radius 3 is 2.56 bits per heavy atom. The standard InChI is InChI=1S/C13H17Cl2NO2/c1-18-10-4-2-3-8(5-10)16-9-6-11(14)13(17)12(15)7-9/h6-8,10,16-17H,2-5H2,1H3. The molecule has 0 spiro atoms. The number of rotatable bonds is 3. The van der Waals surface area contributed by atoms with E-state index in [-0.39, 0.29) is 15.8 Å². The smallest absolute Gasteiger partial charge is 0.152 e. The Bertz CT molecular complexity index is 402. The first kappa shape index (κ1) is 13.8. The zero-order chi connectivity index (χ0) is 13.1. The second-order valence-electron chi connectivity index (χ2n) is 4.65. The predicted molar refractivity (Wildman–Crippen MR) is 74.8 cm³/mol. The van der Waals surface area contributed by atoms with E-state index >= 15 is 0 Å². The molecule has 1 aliphatic carbocycles. The number of aromatic hydroxyl groups is 1. The summed E-state index contributed by atoms with van der Waals surface area (Å²) in [6.45, 7) is 0. The molecule has 18 heavy (non-hydrogen) atoms. The fourth-order valence-electron chi connectivity index (χ4n) is 2.37. The van der Waals surface area contributed by atoms with E-state index in [2.05, 4.69) is 5.32 Å². The molecule has 2 atom stereocenters.